The van der Waals surface area contributed by atoms with Gasteiger partial charge in [0.2, 0.25) is 0 Å². The van der Waals surface area contributed by atoms with Crippen molar-refractivity contribution in [3.8, 4) is 0 Å². The third kappa shape index (κ3) is 2.92. The molecule has 3 rings (SSSR count). The molecule has 2 fully saturated rings. The van der Waals surface area contributed by atoms with Gasteiger partial charge in [0.25, 0.3) is 5.91 Å². The maximum absolute atomic E-state index is 13.4. The highest BCUT2D eigenvalue weighted by atomic mass is 19.4. The lowest BCUT2D eigenvalue weighted by molar-refractivity contribution is -0.144. The van der Waals surface area contributed by atoms with Gasteiger partial charge in [0, 0.05) is 25.2 Å². The molecule has 3 heterocycles. The predicted molar refractivity (Wildman–Crippen MR) is 82.6 cm³/mol. The van der Waals surface area contributed by atoms with E-state index in [1.54, 1.807) is 11.8 Å². The second-order valence-electron chi connectivity index (χ2n) is 6.62. The van der Waals surface area contributed by atoms with E-state index in [1.807, 2.05) is 7.05 Å². The third-order valence-corrected chi connectivity index (χ3v) is 5.22. The van der Waals surface area contributed by atoms with E-state index in [-0.39, 0.29) is 24.2 Å². The molecule has 2 atom stereocenters. The van der Waals surface area contributed by atoms with Crippen LogP contribution in [0.3, 0.4) is 0 Å². The van der Waals surface area contributed by atoms with Crippen molar-refractivity contribution in [2.75, 3.05) is 20.1 Å². The Morgan fingerprint density at radius 1 is 1.25 bits per heavy atom. The number of alkyl halides is 3. The average Bonchev–Trinajstić information content (AvgIpc) is 3.23. The Morgan fingerprint density at radius 2 is 1.92 bits per heavy atom. The number of rotatable bonds is 3. The molecule has 0 saturated carbocycles. The molecule has 0 aliphatic carbocycles. The van der Waals surface area contributed by atoms with Gasteiger partial charge >= 0.3 is 6.18 Å². The minimum absolute atomic E-state index is 0.00365. The van der Waals surface area contributed by atoms with Crippen LogP contribution in [0.15, 0.2) is 6.20 Å². The number of hydrogen-bond acceptors (Lipinski definition) is 3. The smallest absolute Gasteiger partial charge is 0.334 e. The highest BCUT2D eigenvalue weighted by molar-refractivity contribution is 5.95. The summed E-state index contributed by atoms with van der Waals surface area (Å²) in [6.07, 6.45) is 0.236. The molecule has 24 heavy (non-hydrogen) atoms. The van der Waals surface area contributed by atoms with Crippen molar-refractivity contribution in [1.82, 2.24) is 19.6 Å². The van der Waals surface area contributed by atoms with Crippen LogP contribution >= 0.6 is 0 Å². The zero-order valence-corrected chi connectivity index (χ0v) is 14.0. The fourth-order valence-electron chi connectivity index (χ4n) is 4.10. The first kappa shape index (κ1) is 17.3. The van der Waals surface area contributed by atoms with E-state index in [2.05, 4.69) is 10.00 Å². The third-order valence-electron chi connectivity index (χ3n) is 5.22. The van der Waals surface area contributed by atoms with Crippen LogP contribution in [-0.2, 0) is 12.7 Å². The standard InChI is InChI=1S/C16H23F3N4O/c1-3-23-14(16(17,18)19)11(10-20-23)15(24)22-9-5-7-13(22)12-6-4-8-21(12)2/h10,12-13H,3-9H2,1-2H3/t12-,13-/m1/s1. The number of likely N-dealkylation sites (tertiary alicyclic amines) is 2. The molecule has 1 aromatic heterocycles. The summed E-state index contributed by atoms with van der Waals surface area (Å²) in [6, 6.07) is 0.239. The average molecular weight is 344 g/mol. The summed E-state index contributed by atoms with van der Waals surface area (Å²) in [6.45, 7) is 3.16. The lowest BCUT2D eigenvalue weighted by Gasteiger charge is -2.33. The van der Waals surface area contributed by atoms with Gasteiger partial charge in [-0.3, -0.25) is 9.48 Å². The van der Waals surface area contributed by atoms with E-state index in [0.717, 1.165) is 43.1 Å². The van der Waals surface area contributed by atoms with E-state index in [9.17, 15) is 18.0 Å². The minimum Gasteiger partial charge on any atom is -0.334 e. The molecule has 0 spiro atoms. The van der Waals surface area contributed by atoms with Gasteiger partial charge in [-0.2, -0.15) is 18.3 Å². The zero-order valence-electron chi connectivity index (χ0n) is 14.0. The Bertz CT molecular complexity index is 613. The van der Waals surface area contributed by atoms with Crippen LogP contribution < -0.4 is 0 Å². The van der Waals surface area contributed by atoms with E-state index >= 15 is 0 Å². The Morgan fingerprint density at radius 3 is 2.50 bits per heavy atom. The maximum atomic E-state index is 13.4. The summed E-state index contributed by atoms with van der Waals surface area (Å²) in [4.78, 5) is 16.7. The number of carbonyl (C=O) groups is 1. The first-order chi connectivity index (χ1) is 11.3. The molecule has 2 aliphatic rings. The molecule has 0 radical (unpaired) electrons. The molecule has 0 N–H and O–H groups in total. The van der Waals surface area contributed by atoms with E-state index in [1.165, 1.54) is 0 Å². The normalized spacial score (nSPS) is 25.6. The summed E-state index contributed by atoms with van der Waals surface area (Å²) in [5.74, 6) is -0.537. The van der Waals surface area contributed by atoms with Crippen LogP contribution in [0, 0.1) is 0 Å². The lowest BCUT2D eigenvalue weighted by atomic mass is 10.0. The van der Waals surface area contributed by atoms with Crippen LogP contribution in [0.1, 0.15) is 48.7 Å². The summed E-state index contributed by atoms with van der Waals surface area (Å²) in [5.41, 5.74) is -1.25. The summed E-state index contributed by atoms with van der Waals surface area (Å²) in [7, 11) is 2.02. The molecule has 5 nitrogen and oxygen atoms in total. The Kier molecular flexibility index (Phi) is 4.59. The fourth-order valence-corrected chi connectivity index (χ4v) is 4.10. The molecule has 2 saturated heterocycles. The number of likely N-dealkylation sites (N-methyl/N-ethyl adjacent to an activating group) is 1. The highest BCUT2D eigenvalue weighted by Gasteiger charge is 2.44. The largest absolute Gasteiger partial charge is 0.433 e. The molecule has 8 heteroatoms. The van der Waals surface area contributed by atoms with Gasteiger partial charge < -0.3 is 9.80 Å². The Hall–Kier alpha value is -1.57. The SMILES string of the molecule is CCn1ncc(C(=O)N2CCC[C@@H]2[C@H]2CCCN2C)c1C(F)(F)F. The number of halogens is 3. The van der Waals surface area contributed by atoms with Crippen LogP contribution in [0.25, 0.3) is 0 Å². The van der Waals surface area contributed by atoms with Gasteiger partial charge in [-0.05, 0) is 46.2 Å². The molecule has 1 amide bonds. The van der Waals surface area contributed by atoms with Crippen molar-refractivity contribution in [1.29, 1.82) is 0 Å². The second-order valence-corrected chi connectivity index (χ2v) is 6.62. The molecule has 134 valence electrons. The van der Waals surface area contributed by atoms with Gasteiger partial charge in [-0.1, -0.05) is 0 Å². The predicted octanol–water partition coefficient (Wildman–Crippen LogP) is 2.62. The fraction of sp³-hybridized carbons (Fsp3) is 0.750. The molecule has 0 aromatic carbocycles. The van der Waals surface area contributed by atoms with E-state index < -0.39 is 17.8 Å². The minimum atomic E-state index is -4.59. The van der Waals surface area contributed by atoms with Gasteiger partial charge in [0.1, 0.15) is 0 Å². The van der Waals surface area contributed by atoms with Crippen molar-refractivity contribution in [3.05, 3.63) is 17.5 Å². The van der Waals surface area contributed by atoms with Gasteiger partial charge in [0.15, 0.2) is 5.69 Å². The van der Waals surface area contributed by atoms with Crippen molar-refractivity contribution in [2.24, 2.45) is 0 Å². The number of carbonyl (C=O) groups excluding carboxylic acids is 1. The summed E-state index contributed by atoms with van der Waals surface area (Å²) >= 11 is 0. The molecule has 0 unspecified atom stereocenters. The van der Waals surface area contributed by atoms with Gasteiger partial charge in [-0.25, -0.2) is 0 Å². The Labute approximate surface area is 139 Å². The zero-order chi connectivity index (χ0) is 17.5. The van der Waals surface area contributed by atoms with Gasteiger partial charge in [0.05, 0.1) is 11.8 Å². The maximum Gasteiger partial charge on any atom is 0.433 e. The first-order valence-corrected chi connectivity index (χ1v) is 8.48. The van der Waals surface area contributed by atoms with E-state index in [4.69, 9.17) is 0 Å². The van der Waals surface area contributed by atoms with Crippen LogP contribution in [0.5, 0.6) is 0 Å². The van der Waals surface area contributed by atoms with E-state index in [0.29, 0.717) is 6.54 Å². The quantitative estimate of drug-likeness (QED) is 0.846. The van der Waals surface area contributed by atoms with Crippen molar-refractivity contribution in [3.63, 3.8) is 0 Å². The van der Waals surface area contributed by atoms with Crippen LogP contribution in [0.4, 0.5) is 13.2 Å². The topological polar surface area (TPSA) is 41.4 Å². The number of hydrogen-bond donors (Lipinski definition) is 0. The first-order valence-electron chi connectivity index (χ1n) is 8.48. The van der Waals surface area contributed by atoms with Crippen molar-refractivity contribution in [2.45, 2.75) is 57.4 Å². The Balaban J connectivity index is 1.90. The molecule has 0 bridgehead atoms. The van der Waals surface area contributed by atoms with Gasteiger partial charge in [-0.15, -0.1) is 0 Å². The summed E-state index contributed by atoms with van der Waals surface area (Å²) in [5, 5.41) is 3.77. The monoisotopic (exact) mass is 344 g/mol. The number of aryl methyl sites for hydroxylation is 1. The van der Waals surface area contributed by atoms with Crippen LogP contribution in [-0.4, -0.2) is 57.7 Å². The van der Waals surface area contributed by atoms with Crippen LogP contribution in [0.2, 0.25) is 0 Å². The number of amides is 1. The molecular formula is C16H23F3N4O. The lowest BCUT2D eigenvalue weighted by Crippen LogP contribution is -2.47. The molecule has 2 aliphatic heterocycles. The highest BCUT2D eigenvalue weighted by Crippen LogP contribution is 2.35. The summed E-state index contributed by atoms with van der Waals surface area (Å²) < 4.78 is 41.1. The molecule has 1 aromatic rings. The second kappa shape index (κ2) is 6.38. The number of aromatic nitrogens is 2. The van der Waals surface area contributed by atoms with Crippen molar-refractivity contribution < 1.29 is 18.0 Å². The number of nitrogens with zero attached hydrogens (tertiary/aromatic N) is 4. The van der Waals surface area contributed by atoms with Crippen molar-refractivity contribution >= 4 is 5.91 Å². The molecular weight excluding hydrogens is 321 g/mol.